The number of carbonyl (C=O) groups excluding carboxylic acids is 3. The number of ether oxygens (including phenoxy) is 2. The van der Waals surface area contributed by atoms with Crippen molar-refractivity contribution in [3.63, 3.8) is 0 Å². The van der Waals surface area contributed by atoms with Crippen molar-refractivity contribution in [1.29, 1.82) is 0 Å². The van der Waals surface area contributed by atoms with Gasteiger partial charge < -0.3 is 9.47 Å². The molecule has 0 spiro atoms. The van der Waals surface area contributed by atoms with Gasteiger partial charge in [0.2, 0.25) is 0 Å². The van der Waals surface area contributed by atoms with E-state index in [-0.39, 0.29) is 23.8 Å². The van der Waals surface area contributed by atoms with Crippen molar-refractivity contribution < 1.29 is 23.9 Å². The fourth-order valence-corrected chi connectivity index (χ4v) is 5.66. The molecule has 0 saturated carbocycles. The molecule has 1 aliphatic rings. The first-order valence-corrected chi connectivity index (χ1v) is 14.4. The molecule has 4 rings (SSSR count). The van der Waals surface area contributed by atoms with Crippen LogP contribution >= 0.6 is 66.8 Å². The second kappa shape index (κ2) is 12.7. The minimum Gasteiger partial charge on any atom is -0.490 e. The lowest BCUT2D eigenvalue weighted by molar-refractivity contribution is -0.122. The summed E-state index contributed by atoms with van der Waals surface area (Å²) < 4.78 is 13.2. The maximum Gasteiger partial charge on any atom is 0.293 e. The molecule has 6 nitrogen and oxygen atoms in total. The van der Waals surface area contributed by atoms with Crippen molar-refractivity contribution in [3.8, 4) is 11.5 Å². The van der Waals surface area contributed by atoms with Gasteiger partial charge in [-0.25, -0.2) is 0 Å². The van der Waals surface area contributed by atoms with Crippen molar-refractivity contribution in [3.05, 3.63) is 95.2 Å². The molecule has 0 radical (unpaired) electrons. The Bertz CT molecular complexity index is 1450. The molecule has 38 heavy (non-hydrogen) atoms. The number of amides is 2. The van der Waals surface area contributed by atoms with Crippen molar-refractivity contribution in [2.45, 2.75) is 13.5 Å². The number of Topliss-reactive ketones (excluding diaryl/α,β-unsaturated/α-hetero) is 1. The zero-order chi connectivity index (χ0) is 27.4. The number of thioether (sulfide) groups is 1. The van der Waals surface area contributed by atoms with Crippen molar-refractivity contribution in [1.82, 2.24) is 4.90 Å². The molecule has 0 bridgehead atoms. The molecule has 3 aromatic carbocycles. The topological polar surface area (TPSA) is 72.9 Å². The van der Waals surface area contributed by atoms with E-state index in [4.69, 9.17) is 32.7 Å². The highest BCUT2D eigenvalue weighted by molar-refractivity contribution is 9.10. The molecule has 0 N–H and O–H groups in total. The Balaban J connectivity index is 1.53. The summed E-state index contributed by atoms with van der Waals surface area (Å²) in [6, 6.07) is 15.4. The first-order valence-electron chi connectivity index (χ1n) is 11.2. The molecule has 1 fully saturated rings. The molecular formula is C27H19Br2Cl2NO5S. The highest BCUT2D eigenvalue weighted by Gasteiger charge is 2.36. The van der Waals surface area contributed by atoms with Gasteiger partial charge in [-0.2, -0.15) is 0 Å². The average molecular weight is 700 g/mol. The fourth-order valence-electron chi connectivity index (χ4n) is 3.52. The first-order chi connectivity index (χ1) is 18.2. The van der Waals surface area contributed by atoms with Gasteiger partial charge in [-0.1, -0.05) is 57.3 Å². The van der Waals surface area contributed by atoms with Gasteiger partial charge in [-0.3, -0.25) is 19.3 Å². The van der Waals surface area contributed by atoms with Crippen LogP contribution in [0.2, 0.25) is 10.0 Å². The number of hydrogen-bond acceptors (Lipinski definition) is 6. The number of ketones is 1. The maximum atomic E-state index is 13.0. The predicted octanol–water partition coefficient (Wildman–Crippen LogP) is 8.42. The monoisotopic (exact) mass is 697 g/mol. The third-order valence-electron chi connectivity index (χ3n) is 5.36. The Morgan fingerprint density at radius 3 is 2.45 bits per heavy atom. The zero-order valence-electron chi connectivity index (χ0n) is 19.8. The standard InChI is InChI=1S/C27H19Br2Cl2NO5S/c1-2-36-23-10-15(9-20(29)25(23)37-14-17-5-8-19(30)12-21(17)31)11-24-26(34)32(27(35)38-24)13-22(33)16-3-6-18(28)7-4-16/h3-12H,2,13-14H2,1H3/b24-11-. The predicted molar refractivity (Wildman–Crippen MR) is 157 cm³/mol. The van der Waals surface area contributed by atoms with Crippen LogP contribution in [-0.4, -0.2) is 35.0 Å². The zero-order valence-corrected chi connectivity index (χ0v) is 25.3. The highest BCUT2D eigenvalue weighted by Crippen LogP contribution is 2.40. The summed E-state index contributed by atoms with van der Waals surface area (Å²) in [5, 5.41) is 0.509. The summed E-state index contributed by atoms with van der Waals surface area (Å²) in [4.78, 5) is 39.3. The van der Waals surface area contributed by atoms with E-state index >= 15 is 0 Å². The van der Waals surface area contributed by atoms with E-state index in [1.807, 2.05) is 6.92 Å². The number of benzene rings is 3. The van der Waals surface area contributed by atoms with Crippen LogP contribution in [0.15, 0.2) is 68.4 Å². The lowest BCUT2D eigenvalue weighted by Gasteiger charge is -2.15. The number of rotatable bonds is 9. The summed E-state index contributed by atoms with van der Waals surface area (Å²) in [6.07, 6.45) is 1.59. The molecular weight excluding hydrogens is 681 g/mol. The molecule has 11 heteroatoms. The number of imide groups is 1. The molecule has 1 aliphatic heterocycles. The normalized spacial score (nSPS) is 14.3. The van der Waals surface area contributed by atoms with E-state index in [1.165, 1.54) is 0 Å². The Morgan fingerprint density at radius 2 is 1.76 bits per heavy atom. The van der Waals surface area contributed by atoms with Crippen LogP contribution in [-0.2, 0) is 11.4 Å². The first kappa shape index (κ1) is 28.7. The number of nitrogens with zero attached hydrogens (tertiary/aromatic N) is 1. The second-order valence-corrected chi connectivity index (χ2v) is 11.6. The minimum atomic E-state index is -0.530. The second-order valence-electron chi connectivity index (χ2n) is 7.99. The number of carbonyl (C=O) groups is 3. The van der Waals surface area contributed by atoms with E-state index < -0.39 is 11.1 Å². The van der Waals surface area contributed by atoms with Crippen LogP contribution in [0.5, 0.6) is 11.5 Å². The Labute approximate surface area is 250 Å². The molecule has 1 heterocycles. The van der Waals surface area contributed by atoms with Gasteiger partial charge in [-0.15, -0.1) is 0 Å². The van der Waals surface area contributed by atoms with E-state index in [1.54, 1.807) is 60.7 Å². The average Bonchev–Trinajstić information content (AvgIpc) is 3.12. The Hall–Kier alpha value is -2.30. The van der Waals surface area contributed by atoms with E-state index in [0.717, 1.165) is 26.7 Å². The third-order valence-corrected chi connectivity index (χ3v) is 7.97. The van der Waals surface area contributed by atoms with Gasteiger partial charge in [0.25, 0.3) is 11.1 Å². The molecule has 196 valence electrons. The van der Waals surface area contributed by atoms with Crippen LogP contribution in [0, 0.1) is 0 Å². The summed E-state index contributed by atoms with van der Waals surface area (Å²) in [5.74, 6) is 0.0491. The fraction of sp³-hybridized carbons (Fsp3) is 0.148. The lowest BCUT2D eigenvalue weighted by atomic mass is 10.1. The Morgan fingerprint density at radius 1 is 1.03 bits per heavy atom. The molecule has 0 atom stereocenters. The molecule has 1 saturated heterocycles. The highest BCUT2D eigenvalue weighted by atomic mass is 79.9. The maximum absolute atomic E-state index is 13.0. The van der Waals surface area contributed by atoms with Crippen molar-refractivity contribution in [2.75, 3.05) is 13.2 Å². The van der Waals surface area contributed by atoms with Gasteiger partial charge >= 0.3 is 0 Å². The smallest absolute Gasteiger partial charge is 0.293 e. The van der Waals surface area contributed by atoms with Gasteiger partial charge in [0.1, 0.15) is 6.61 Å². The van der Waals surface area contributed by atoms with Crippen LogP contribution < -0.4 is 9.47 Å². The molecule has 0 aliphatic carbocycles. The van der Waals surface area contributed by atoms with E-state index in [2.05, 4.69) is 31.9 Å². The van der Waals surface area contributed by atoms with Gasteiger partial charge in [0.05, 0.1) is 22.5 Å². The van der Waals surface area contributed by atoms with Gasteiger partial charge in [-0.05, 0) is 82.7 Å². The summed E-state index contributed by atoms with van der Waals surface area (Å²) in [6.45, 7) is 2.06. The summed E-state index contributed by atoms with van der Waals surface area (Å²) >= 11 is 19.9. The third kappa shape index (κ3) is 6.82. The molecule has 2 amide bonds. The van der Waals surface area contributed by atoms with Gasteiger partial charge in [0.15, 0.2) is 17.3 Å². The van der Waals surface area contributed by atoms with Gasteiger partial charge in [0, 0.05) is 25.6 Å². The molecule has 3 aromatic rings. The van der Waals surface area contributed by atoms with Crippen LogP contribution in [0.25, 0.3) is 6.08 Å². The summed E-state index contributed by atoms with van der Waals surface area (Å²) in [5.41, 5.74) is 1.78. The quantitative estimate of drug-likeness (QED) is 0.165. The SMILES string of the molecule is CCOc1cc(/C=C2\SC(=O)N(CC(=O)c3ccc(Br)cc3)C2=O)cc(Br)c1OCc1ccc(Cl)cc1Cl. The van der Waals surface area contributed by atoms with Crippen molar-refractivity contribution >= 4 is 89.8 Å². The van der Waals surface area contributed by atoms with E-state index in [9.17, 15) is 14.4 Å². The van der Waals surface area contributed by atoms with Crippen molar-refractivity contribution in [2.24, 2.45) is 0 Å². The largest absolute Gasteiger partial charge is 0.490 e. The number of halogens is 4. The van der Waals surface area contributed by atoms with Crippen LogP contribution in [0.4, 0.5) is 4.79 Å². The minimum absolute atomic E-state index is 0.180. The summed E-state index contributed by atoms with van der Waals surface area (Å²) in [7, 11) is 0. The van der Waals surface area contributed by atoms with E-state index in [0.29, 0.717) is 43.8 Å². The molecule has 0 unspecified atom stereocenters. The lowest BCUT2D eigenvalue weighted by Crippen LogP contribution is -2.33. The Kier molecular flexibility index (Phi) is 9.59. The molecule has 0 aromatic heterocycles. The van der Waals surface area contributed by atoms with Crippen LogP contribution in [0.3, 0.4) is 0 Å². The van der Waals surface area contributed by atoms with Crippen LogP contribution in [0.1, 0.15) is 28.4 Å². The number of hydrogen-bond donors (Lipinski definition) is 0.